The van der Waals surface area contributed by atoms with Crippen molar-refractivity contribution in [1.82, 2.24) is 10.7 Å². The zero-order valence-electron chi connectivity index (χ0n) is 11.5. The van der Waals surface area contributed by atoms with Gasteiger partial charge in [0.2, 0.25) is 0 Å². The normalized spacial score (nSPS) is 16.2. The van der Waals surface area contributed by atoms with Crippen LogP contribution in [0.1, 0.15) is 44.9 Å². The molecule has 0 aromatic rings. The van der Waals surface area contributed by atoms with E-state index in [1.54, 1.807) is 0 Å². The number of carbonyl (C=O) groups excluding carboxylic acids is 2. The third-order valence-corrected chi connectivity index (χ3v) is 3.04. The van der Waals surface area contributed by atoms with Gasteiger partial charge in [-0.05, 0) is 25.7 Å². The molecule has 19 heavy (non-hydrogen) atoms. The molecule has 0 spiro atoms. The maximum absolute atomic E-state index is 11.5. The van der Waals surface area contributed by atoms with E-state index in [4.69, 9.17) is 4.74 Å². The summed E-state index contributed by atoms with van der Waals surface area (Å²) in [5.74, 6) is -1.39. The summed E-state index contributed by atoms with van der Waals surface area (Å²) in [7, 11) is 1.53. The number of carbonyl (C=O) groups is 2. The molecule has 0 atom stereocenters. The first-order valence-electron chi connectivity index (χ1n) is 6.86. The molecule has 1 aliphatic rings. The molecule has 0 heterocycles. The van der Waals surface area contributed by atoms with Crippen molar-refractivity contribution in [1.29, 1.82) is 0 Å². The first-order chi connectivity index (χ1) is 9.24. The minimum absolute atomic E-state index is 0.319. The molecular weight excluding hydrogens is 246 g/mol. The Morgan fingerprint density at radius 1 is 1.11 bits per heavy atom. The van der Waals surface area contributed by atoms with Crippen molar-refractivity contribution in [2.24, 2.45) is 5.10 Å². The average Bonchev–Trinajstić information content (AvgIpc) is 2.37. The van der Waals surface area contributed by atoms with Crippen LogP contribution in [0.2, 0.25) is 0 Å². The number of hydrogen-bond donors (Lipinski definition) is 2. The van der Waals surface area contributed by atoms with Crippen LogP contribution in [0.4, 0.5) is 0 Å². The number of methoxy groups -OCH3 is 1. The molecule has 6 heteroatoms. The molecule has 108 valence electrons. The van der Waals surface area contributed by atoms with E-state index in [2.05, 4.69) is 15.8 Å². The Bertz CT molecular complexity index is 319. The van der Waals surface area contributed by atoms with E-state index in [1.807, 2.05) is 0 Å². The molecule has 0 aromatic heterocycles. The summed E-state index contributed by atoms with van der Waals surface area (Å²) in [6, 6.07) is 0. The molecular formula is C13H23N3O3. The van der Waals surface area contributed by atoms with Crippen molar-refractivity contribution in [3.05, 3.63) is 0 Å². The number of nitrogens with one attached hydrogen (secondary N) is 2. The van der Waals surface area contributed by atoms with Gasteiger partial charge in [0, 0.05) is 19.4 Å². The van der Waals surface area contributed by atoms with E-state index >= 15 is 0 Å². The third-order valence-electron chi connectivity index (χ3n) is 3.04. The lowest BCUT2D eigenvalue weighted by Crippen LogP contribution is -2.39. The topological polar surface area (TPSA) is 79.8 Å². The SMILES string of the molecule is COCCNC(=O)C(=O)NN=C1CCCCCCC1. The second kappa shape index (κ2) is 9.49. The Morgan fingerprint density at radius 3 is 2.37 bits per heavy atom. The summed E-state index contributed by atoms with van der Waals surface area (Å²) in [5.41, 5.74) is 3.31. The Balaban J connectivity index is 2.31. The Labute approximate surface area is 114 Å². The summed E-state index contributed by atoms with van der Waals surface area (Å²) in [5, 5.41) is 6.51. The van der Waals surface area contributed by atoms with E-state index in [9.17, 15) is 9.59 Å². The molecule has 0 saturated heterocycles. The van der Waals surface area contributed by atoms with Gasteiger partial charge < -0.3 is 10.1 Å². The van der Waals surface area contributed by atoms with Crippen LogP contribution in [-0.2, 0) is 14.3 Å². The average molecular weight is 269 g/mol. The lowest BCUT2D eigenvalue weighted by atomic mass is 9.99. The minimum atomic E-state index is -0.717. The highest BCUT2D eigenvalue weighted by atomic mass is 16.5. The number of hydrogen-bond acceptors (Lipinski definition) is 4. The van der Waals surface area contributed by atoms with Crippen molar-refractivity contribution in [3.63, 3.8) is 0 Å². The quantitative estimate of drug-likeness (QED) is 0.453. The van der Waals surface area contributed by atoms with Crippen LogP contribution in [0, 0.1) is 0 Å². The van der Waals surface area contributed by atoms with Gasteiger partial charge in [-0.2, -0.15) is 5.10 Å². The van der Waals surface area contributed by atoms with Crippen LogP contribution in [0.15, 0.2) is 5.10 Å². The van der Waals surface area contributed by atoms with Crippen molar-refractivity contribution in [2.45, 2.75) is 44.9 Å². The standard InChI is InChI=1S/C13H23N3O3/c1-19-10-9-14-12(17)13(18)16-15-11-7-5-3-2-4-6-8-11/h2-10H2,1H3,(H,14,17)(H,16,18). The second-order valence-electron chi connectivity index (χ2n) is 4.64. The van der Waals surface area contributed by atoms with Gasteiger partial charge in [0.25, 0.3) is 0 Å². The number of hydrazone groups is 1. The largest absolute Gasteiger partial charge is 0.383 e. The zero-order valence-corrected chi connectivity index (χ0v) is 11.5. The van der Waals surface area contributed by atoms with Crippen molar-refractivity contribution in [3.8, 4) is 0 Å². The van der Waals surface area contributed by atoms with Crippen molar-refractivity contribution >= 4 is 17.5 Å². The van der Waals surface area contributed by atoms with E-state index in [0.29, 0.717) is 13.2 Å². The predicted molar refractivity (Wildman–Crippen MR) is 72.8 cm³/mol. The molecule has 1 aliphatic carbocycles. The van der Waals surface area contributed by atoms with Gasteiger partial charge in [0.1, 0.15) is 0 Å². The monoisotopic (exact) mass is 269 g/mol. The van der Waals surface area contributed by atoms with Gasteiger partial charge in [-0.3, -0.25) is 9.59 Å². The highest BCUT2D eigenvalue weighted by molar-refractivity contribution is 6.35. The maximum Gasteiger partial charge on any atom is 0.329 e. The van der Waals surface area contributed by atoms with Gasteiger partial charge >= 0.3 is 11.8 Å². The Morgan fingerprint density at radius 2 is 1.74 bits per heavy atom. The van der Waals surface area contributed by atoms with E-state index in [1.165, 1.54) is 26.4 Å². The van der Waals surface area contributed by atoms with Gasteiger partial charge in [-0.25, -0.2) is 5.43 Å². The maximum atomic E-state index is 11.5. The number of amides is 2. The highest BCUT2D eigenvalue weighted by Gasteiger charge is 2.12. The fraction of sp³-hybridized carbons (Fsp3) is 0.769. The van der Waals surface area contributed by atoms with Crippen LogP contribution in [0.5, 0.6) is 0 Å². The lowest BCUT2D eigenvalue weighted by Gasteiger charge is -2.10. The molecule has 0 radical (unpaired) electrons. The lowest BCUT2D eigenvalue weighted by molar-refractivity contribution is -0.139. The smallest absolute Gasteiger partial charge is 0.329 e. The molecule has 6 nitrogen and oxygen atoms in total. The first kappa shape index (κ1) is 15.6. The van der Waals surface area contributed by atoms with E-state index < -0.39 is 11.8 Å². The van der Waals surface area contributed by atoms with Crippen molar-refractivity contribution in [2.75, 3.05) is 20.3 Å². The summed E-state index contributed by atoms with van der Waals surface area (Å²) in [6.07, 6.45) is 7.73. The van der Waals surface area contributed by atoms with Crippen LogP contribution in [0.25, 0.3) is 0 Å². The summed E-state index contributed by atoms with van der Waals surface area (Å²) in [6.45, 7) is 0.701. The molecule has 1 saturated carbocycles. The zero-order chi connectivity index (χ0) is 13.9. The van der Waals surface area contributed by atoms with Crippen LogP contribution >= 0.6 is 0 Å². The molecule has 0 bridgehead atoms. The molecule has 1 rings (SSSR count). The van der Waals surface area contributed by atoms with Gasteiger partial charge in [-0.15, -0.1) is 0 Å². The molecule has 0 aliphatic heterocycles. The minimum Gasteiger partial charge on any atom is -0.383 e. The van der Waals surface area contributed by atoms with Crippen LogP contribution in [-0.4, -0.2) is 37.8 Å². The number of nitrogens with zero attached hydrogens (tertiary/aromatic N) is 1. The molecule has 1 fully saturated rings. The van der Waals surface area contributed by atoms with E-state index in [-0.39, 0.29) is 0 Å². The molecule has 0 unspecified atom stereocenters. The second-order valence-corrected chi connectivity index (χ2v) is 4.64. The fourth-order valence-corrected chi connectivity index (χ4v) is 1.95. The molecule has 2 amide bonds. The van der Waals surface area contributed by atoms with Gasteiger partial charge in [-0.1, -0.05) is 19.3 Å². The Kier molecular flexibility index (Phi) is 7.81. The third kappa shape index (κ3) is 6.91. The Hall–Kier alpha value is -1.43. The van der Waals surface area contributed by atoms with Gasteiger partial charge in [0.05, 0.1) is 6.61 Å². The van der Waals surface area contributed by atoms with Gasteiger partial charge in [0.15, 0.2) is 0 Å². The number of ether oxygens (including phenoxy) is 1. The highest BCUT2D eigenvalue weighted by Crippen LogP contribution is 2.14. The van der Waals surface area contributed by atoms with Crippen LogP contribution in [0.3, 0.4) is 0 Å². The predicted octanol–water partition coefficient (Wildman–Crippen LogP) is 0.965. The number of rotatable bonds is 4. The molecule has 2 N–H and O–H groups in total. The fourth-order valence-electron chi connectivity index (χ4n) is 1.95. The first-order valence-corrected chi connectivity index (χ1v) is 6.86. The summed E-state index contributed by atoms with van der Waals surface area (Å²) >= 11 is 0. The summed E-state index contributed by atoms with van der Waals surface area (Å²) < 4.78 is 4.78. The van der Waals surface area contributed by atoms with Crippen molar-refractivity contribution < 1.29 is 14.3 Å². The van der Waals surface area contributed by atoms with Crippen LogP contribution < -0.4 is 10.7 Å². The molecule has 0 aromatic carbocycles. The van der Waals surface area contributed by atoms with E-state index in [0.717, 1.165) is 31.4 Å². The summed E-state index contributed by atoms with van der Waals surface area (Å²) in [4.78, 5) is 22.8.